The molecule has 8 nitrogen and oxygen atoms in total. The molecular formula is C16H21N5O3S2. The maximum absolute atomic E-state index is 12.1. The number of hydrogen-bond acceptors (Lipinski definition) is 6. The summed E-state index contributed by atoms with van der Waals surface area (Å²) in [7, 11) is 1.39. The molecule has 0 saturated heterocycles. The molecule has 1 heterocycles. The summed E-state index contributed by atoms with van der Waals surface area (Å²) in [6, 6.07) is 6.10. The van der Waals surface area contributed by atoms with Gasteiger partial charge in [-0.25, -0.2) is 12.7 Å². The van der Waals surface area contributed by atoms with Crippen LogP contribution in [0.5, 0.6) is 0 Å². The third-order valence-corrected chi connectivity index (χ3v) is 6.91. The minimum absolute atomic E-state index is 0.182. The number of nitrogens with one attached hydrogen (secondary N) is 1. The minimum atomic E-state index is -3.47. The van der Waals surface area contributed by atoms with Crippen LogP contribution in [0.4, 0.5) is 5.69 Å². The highest BCUT2D eigenvalue weighted by Gasteiger charge is 2.29. The smallest absolute Gasteiger partial charge is 0.242 e. The Labute approximate surface area is 157 Å². The van der Waals surface area contributed by atoms with Crippen LogP contribution < -0.4 is 5.32 Å². The number of anilines is 1. The molecule has 1 aromatic heterocycles. The summed E-state index contributed by atoms with van der Waals surface area (Å²) in [5.74, 6) is 1.50. The number of hydrogen-bond donors (Lipinski definition) is 1. The number of nitrogens with zero attached hydrogens (tertiary/aromatic N) is 4. The van der Waals surface area contributed by atoms with Crippen molar-refractivity contribution in [3.63, 3.8) is 0 Å². The molecule has 3 rings (SSSR count). The molecule has 0 spiro atoms. The summed E-state index contributed by atoms with van der Waals surface area (Å²) in [6.07, 6.45) is 2.30. The lowest BCUT2D eigenvalue weighted by molar-refractivity contribution is -0.113. The molecule has 1 aromatic carbocycles. The topological polar surface area (TPSA) is 97.2 Å². The summed E-state index contributed by atoms with van der Waals surface area (Å²) in [4.78, 5) is 12.3. The van der Waals surface area contributed by atoms with E-state index in [9.17, 15) is 13.2 Å². The van der Waals surface area contributed by atoms with Crippen LogP contribution in [0.2, 0.25) is 0 Å². The molecule has 1 saturated carbocycles. The van der Waals surface area contributed by atoms with E-state index < -0.39 is 10.0 Å². The van der Waals surface area contributed by atoms with Crippen molar-refractivity contribution in [2.24, 2.45) is 7.05 Å². The standard InChI is InChI=1S/C16H21N5O3S2/c1-20(2)26(23,24)13-8-6-12(7-9-13)17-14(22)10-25-16-19-18-15(21(16)3)11-4-5-11/h6-9,11H,4-5,10H2,1-3H3,(H,17,22). The van der Waals surface area contributed by atoms with Gasteiger partial charge in [0.25, 0.3) is 0 Å². The van der Waals surface area contributed by atoms with E-state index in [1.54, 1.807) is 12.1 Å². The number of sulfonamides is 1. The lowest BCUT2D eigenvalue weighted by atomic mass is 10.3. The Hall–Kier alpha value is -1.91. The fraction of sp³-hybridized carbons (Fsp3) is 0.438. The Bertz CT molecular complexity index is 902. The van der Waals surface area contributed by atoms with Gasteiger partial charge in [-0.05, 0) is 37.1 Å². The van der Waals surface area contributed by atoms with Gasteiger partial charge in [-0.2, -0.15) is 0 Å². The van der Waals surface area contributed by atoms with E-state index in [0.717, 1.165) is 28.1 Å². The molecule has 1 aliphatic rings. The molecule has 0 aliphatic heterocycles. The van der Waals surface area contributed by atoms with Gasteiger partial charge in [-0.3, -0.25) is 4.79 Å². The third-order valence-electron chi connectivity index (χ3n) is 4.06. The van der Waals surface area contributed by atoms with Gasteiger partial charge in [0, 0.05) is 32.7 Å². The molecule has 0 radical (unpaired) electrons. The van der Waals surface area contributed by atoms with Gasteiger partial charge in [-0.1, -0.05) is 11.8 Å². The number of carbonyl (C=O) groups is 1. The number of aromatic nitrogens is 3. The van der Waals surface area contributed by atoms with Gasteiger partial charge in [-0.15, -0.1) is 10.2 Å². The monoisotopic (exact) mass is 395 g/mol. The predicted molar refractivity (Wildman–Crippen MR) is 99.6 cm³/mol. The molecule has 1 fully saturated rings. The Kier molecular flexibility index (Phi) is 5.35. The Morgan fingerprint density at radius 1 is 1.27 bits per heavy atom. The summed E-state index contributed by atoms with van der Waals surface area (Å²) in [6.45, 7) is 0. The Morgan fingerprint density at radius 2 is 1.92 bits per heavy atom. The first-order valence-corrected chi connectivity index (χ1v) is 10.6. The molecule has 10 heteroatoms. The zero-order chi connectivity index (χ0) is 18.9. The SMILES string of the molecule is CN(C)S(=O)(=O)c1ccc(NC(=O)CSc2nnc(C3CC3)n2C)cc1. The van der Waals surface area contributed by atoms with E-state index in [4.69, 9.17) is 0 Å². The average Bonchev–Trinajstić information content (AvgIpc) is 3.37. The molecular weight excluding hydrogens is 374 g/mol. The van der Waals surface area contributed by atoms with Gasteiger partial charge < -0.3 is 9.88 Å². The molecule has 1 aliphatic carbocycles. The van der Waals surface area contributed by atoms with Crippen molar-refractivity contribution in [2.45, 2.75) is 28.8 Å². The maximum Gasteiger partial charge on any atom is 0.242 e. The van der Waals surface area contributed by atoms with E-state index in [-0.39, 0.29) is 16.6 Å². The van der Waals surface area contributed by atoms with Gasteiger partial charge in [0.15, 0.2) is 5.16 Å². The highest BCUT2D eigenvalue weighted by molar-refractivity contribution is 7.99. The van der Waals surface area contributed by atoms with Crippen molar-refractivity contribution >= 4 is 33.4 Å². The van der Waals surface area contributed by atoms with Gasteiger partial charge in [0.2, 0.25) is 15.9 Å². The number of amides is 1. The lowest BCUT2D eigenvalue weighted by Gasteiger charge is -2.12. The van der Waals surface area contributed by atoms with Crippen LogP contribution in [0, 0.1) is 0 Å². The average molecular weight is 396 g/mol. The van der Waals surface area contributed by atoms with Crippen molar-refractivity contribution < 1.29 is 13.2 Å². The summed E-state index contributed by atoms with van der Waals surface area (Å²) in [5, 5.41) is 11.8. The van der Waals surface area contributed by atoms with Crippen LogP contribution in [0.3, 0.4) is 0 Å². The third kappa shape index (κ3) is 4.08. The second kappa shape index (κ2) is 7.37. The number of carbonyl (C=O) groups excluding carboxylic acids is 1. The lowest BCUT2D eigenvalue weighted by Crippen LogP contribution is -2.22. The van der Waals surface area contributed by atoms with Crippen molar-refractivity contribution in [1.82, 2.24) is 19.1 Å². The zero-order valence-corrected chi connectivity index (χ0v) is 16.5. The fourth-order valence-electron chi connectivity index (χ4n) is 2.40. The Balaban J connectivity index is 1.56. The zero-order valence-electron chi connectivity index (χ0n) is 14.8. The molecule has 0 bridgehead atoms. The van der Waals surface area contributed by atoms with Crippen LogP contribution >= 0.6 is 11.8 Å². The second-order valence-electron chi connectivity index (χ2n) is 6.32. The van der Waals surface area contributed by atoms with E-state index in [0.29, 0.717) is 11.6 Å². The first-order chi connectivity index (χ1) is 12.3. The molecule has 0 atom stereocenters. The number of rotatable bonds is 7. The van der Waals surface area contributed by atoms with Crippen LogP contribution in [0.15, 0.2) is 34.3 Å². The predicted octanol–water partition coefficient (Wildman–Crippen LogP) is 1.67. The largest absolute Gasteiger partial charge is 0.325 e. The van der Waals surface area contributed by atoms with Crippen LogP contribution in [-0.4, -0.2) is 53.2 Å². The van der Waals surface area contributed by atoms with Crippen LogP contribution in [0.1, 0.15) is 24.6 Å². The minimum Gasteiger partial charge on any atom is -0.325 e. The summed E-state index contributed by atoms with van der Waals surface area (Å²) >= 11 is 1.33. The van der Waals surface area contributed by atoms with Gasteiger partial charge >= 0.3 is 0 Å². The second-order valence-corrected chi connectivity index (χ2v) is 9.42. The van der Waals surface area contributed by atoms with E-state index >= 15 is 0 Å². The molecule has 2 aromatic rings. The molecule has 140 valence electrons. The Morgan fingerprint density at radius 3 is 2.50 bits per heavy atom. The van der Waals surface area contributed by atoms with Gasteiger partial charge in [0.1, 0.15) is 5.82 Å². The fourth-order valence-corrected chi connectivity index (χ4v) is 4.02. The molecule has 1 N–H and O–H groups in total. The van der Waals surface area contributed by atoms with Crippen molar-refractivity contribution in [2.75, 3.05) is 25.2 Å². The van der Waals surface area contributed by atoms with Crippen molar-refractivity contribution in [1.29, 1.82) is 0 Å². The molecule has 1 amide bonds. The normalized spacial score (nSPS) is 14.6. The van der Waals surface area contributed by atoms with Crippen molar-refractivity contribution in [3.8, 4) is 0 Å². The summed E-state index contributed by atoms with van der Waals surface area (Å²) in [5.41, 5.74) is 0.546. The van der Waals surface area contributed by atoms with E-state index in [2.05, 4.69) is 15.5 Å². The maximum atomic E-state index is 12.1. The van der Waals surface area contributed by atoms with Gasteiger partial charge in [0.05, 0.1) is 10.6 Å². The number of benzene rings is 1. The highest BCUT2D eigenvalue weighted by Crippen LogP contribution is 2.39. The first kappa shape index (κ1) is 18.9. The van der Waals surface area contributed by atoms with E-state index in [1.165, 1.54) is 38.0 Å². The number of thioether (sulfide) groups is 1. The van der Waals surface area contributed by atoms with Crippen LogP contribution in [-0.2, 0) is 21.9 Å². The molecule has 0 unspecified atom stereocenters. The van der Waals surface area contributed by atoms with Crippen LogP contribution in [0.25, 0.3) is 0 Å². The van der Waals surface area contributed by atoms with E-state index in [1.807, 2.05) is 11.6 Å². The summed E-state index contributed by atoms with van der Waals surface area (Å²) < 4.78 is 27.1. The molecule has 26 heavy (non-hydrogen) atoms. The quantitative estimate of drug-likeness (QED) is 0.717. The van der Waals surface area contributed by atoms with Crippen molar-refractivity contribution in [3.05, 3.63) is 30.1 Å². The first-order valence-electron chi connectivity index (χ1n) is 8.13. The highest BCUT2D eigenvalue weighted by atomic mass is 32.2.